The molecular formula is C16H28N4O. The Labute approximate surface area is 128 Å². The van der Waals surface area contributed by atoms with Crippen molar-refractivity contribution in [3.63, 3.8) is 0 Å². The molecular weight excluding hydrogens is 264 g/mol. The first kappa shape index (κ1) is 16.3. The molecule has 0 spiro atoms. The van der Waals surface area contributed by atoms with E-state index in [1.165, 1.54) is 0 Å². The smallest absolute Gasteiger partial charge is 0.158 e. The zero-order chi connectivity index (χ0) is 15.2. The summed E-state index contributed by atoms with van der Waals surface area (Å²) in [6.07, 6.45) is 1.83. The van der Waals surface area contributed by atoms with E-state index in [0.29, 0.717) is 12.0 Å². The van der Waals surface area contributed by atoms with Gasteiger partial charge in [0.25, 0.3) is 0 Å². The Kier molecular flexibility index (Phi) is 6.08. The van der Waals surface area contributed by atoms with E-state index in [1.54, 1.807) is 0 Å². The van der Waals surface area contributed by atoms with Crippen LogP contribution >= 0.6 is 0 Å². The lowest BCUT2D eigenvalue weighted by Gasteiger charge is -2.34. The Morgan fingerprint density at radius 2 is 2.19 bits per heavy atom. The number of nitrogens with zero attached hydrogens (tertiary/aromatic N) is 3. The molecule has 0 bridgehead atoms. The first-order valence-corrected chi connectivity index (χ1v) is 7.94. The lowest BCUT2D eigenvalue weighted by atomic mass is 10.2. The molecule has 2 rings (SSSR count). The summed E-state index contributed by atoms with van der Waals surface area (Å²) in [5.41, 5.74) is 1.03. The minimum Gasteiger partial charge on any atom is -0.368 e. The second-order valence-electron chi connectivity index (χ2n) is 6.38. The maximum Gasteiger partial charge on any atom is 0.158 e. The van der Waals surface area contributed by atoms with E-state index < -0.39 is 0 Å². The Morgan fingerprint density at radius 1 is 1.38 bits per heavy atom. The van der Waals surface area contributed by atoms with E-state index in [1.807, 2.05) is 12.3 Å². The largest absolute Gasteiger partial charge is 0.368 e. The van der Waals surface area contributed by atoms with Crippen LogP contribution in [0.5, 0.6) is 0 Å². The van der Waals surface area contributed by atoms with Crippen molar-refractivity contribution in [2.24, 2.45) is 5.92 Å². The molecule has 2 heterocycles. The summed E-state index contributed by atoms with van der Waals surface area (Å²) >= 11 is 0. The van der Waals surface area contributed by atoms with Crippen LogP contribution in [0.3, 0.4) is 0 Å². The summed E-state index contributed by atoms with van der Waals surface area (Å²) in [4.78, 5) is 11.5. The first-order valence-electron chi connectivity index (χ1n) is 7.94. The molecule has 0 radical (unpaired) electrons. The number of ether oxygens (including phenoxy) is 1. The van der Waals surface area contributed by atoms with E-state index in [4.69, 9.17) is 4.74 Å². The molecule has 1 unspecified atom stereocenters. The number of aromatic nitrogens is 2. The third-order valence-electron chi connectivity index (χ3n) is 3.71. The summed E-state index contributed by atoms with van der Waals surface area (Å²) in [6, 6.07) is 2.51. The Balaban J connectivity index is 1.96. The highest BCUT2D eigenvalue weighted by molar-refractivity contribution is 5.05. The van der Waals surface area contributed by atoms with Gasteiger partial charge in [-0.2, -0.15) is 0 Å². The van der Waals surface area contributed by atoms with Gasteiger partial charge in [0.15, 0.2) is 5.82 Å². The van der Waals surface area contributed by atoms with Crippen molar-refractivity contribution < 1.29 is 4.74 Å². The molecule has 1 N–H and O–H groups in total. The second kappa shape index (κ2) is 7.82. The fourth-order valence-corrected chi connectivity index (χ4v) is 2.45. The third-order valence-corrected chi connectivity index (χ3v) is 3.71. The predicted octanol–water partition coefficient (Wildman–Crippen LogP) is 2.00. The van der Waals surface area contributed by atoms with Gasteiger partial charge in [0, 0.05) is 31.9 Å². The average molecular weight is 292 g/mol. The van der Waals surface area contributed by atoms with E-state index in [2.05, 4.69) is 47.9 Å². The standard InChI is InChI=1S/C16H28N4O/c1-12(2)9-17-10-14-5-6-18-16(19-14)15-11-20(13(3)4)7-8-21-15/h5-6,12-13,15,17H,7-11H2,1-4H3. The number of morpholine rings is 1. The Morgan fingerprint density at radius 3 is 2.90 bits per heavy atom. The molecule has 1 aliphatic heterocycles. The molecule has 21 heavy (non-hydrogen) atoms. The first-order chi connectivity index (χ1) is 10.1. The molecule has 1 fully saturated rings. The third kappa shape index (κ3) is 5.02. The highest BCUT2D eigenvalue weighted by Gasteiger charge is 2.25. The van der Waals surface area contributed by atoms with Crippen molar-refractivity contribution in [2.45, 2.75) is 46.4 Å². The molecule has 5 heteroatoms. The van der Waals surface area contributed by atoms with Crippen LogP contribution in [-0.4, -0.2) is 47.2 Å². The summed E-state index contributed by atoms with van der Waals surface area (Å²) < 4.78 is 5.86. The van der Waals surface area contributed by atoms with Crippen molar-refractivity contribution in [2.75, 3.05) is 26.2 Å². The highest BCUT2D eigenvalue weighted by atomic mass is 16.5. The lowest BCUT2D eigenvalue weighted by molar-refractivity contribution is -0.0443. The fraction of sp³-hybridized carbons (Fsp3) is 0.750. The molecule has 1 saturated heterocycles. The van der Waals surface area contributed by atoms with E-state index >= 15 is 0 Å². The molecule has 0 amide bonds. The summed E-state index contributed by atoms with van der Waals surface area (Å²) in [6.45, 7) is 13.2. The van der Waals surface area contributed by atoms with Gasteiger partial charge in [-0.1, -0.05) is 13.8 Å². The minimum absolute atomic E-state index is 0.00815. The van der Waals surface area contributed by atoms with E-state index in [9.17, 15) is 0 Å². The SMILES string of the molecule is CC(C)CNCc1ccnc(C2CN(C(C)C)CCO2)n1. The van der Waals surface area contributed by atoms with Crippen molar-refractivity contribution in [1.82, 2.24) is 20.2 Å². The average Bonchev–Trinajstić information content (AvgIpc) is 2.47. The van der Waals surface area contributed by atoms with Crippen LogP contribution in [0.1, 0.15) is 45.3 Å². The van der Waals surface area contributed by atoms with Gasteiger partial charge in [0.1, 0.15) is 6.10 Å². The topological polar surface area (TPSA) is 50.3 Å². The van der Waals surface area contributed by atoms with E-state index in [-0.39, 0.29) is 6.10 Å². The summed E-state index contributed by atoms with van der Waals surface area (Å²) in [7, 11) is 0. The molecule has 5 nitrogen and oxygen atoms in total. The van der Waals surface area contributed by atoms with Gasteiger partial charge in [-0.25, -0.2) is 9.97 Å². The number of nitrogens with one attached hydrogen (secondary N) is 1. The Bertz CT molecular complexity index is 436. The lowest BCUT2D eigenvalue weighted by Crippen LogP contribution is -2.42. The van der Waals surface area contributed by atoms with Gasteiger partial charge in [0.2, 0.25) is 0 Å². The predicted molar refractivity (Wildman–Crippen MR) is 84.0 cm³/mol. The zero-order valence-electron chi connectivity index (χ0n) is 13.7. The van der Waals surface area contributed by atoms with Gasteiger partial charge in [-0.3, -0.25) is 4.90 Å². The summed E-state index contributed by atoms with van der Waals surface area (Å²) in [5, 5.41) is 3.42. The normalized spacial score (nSPS) is 20.4. The van der Waals surface area contributed by atoms with E-state index in [0.717, 1.165) is 44.3 Å². The maximum atomic E-state index is 5.86. The molecule has 0 saturated carbocycles. The molecule has 1 aromatic rings. The van der Waals surface area contributed by atoms with Crippen molar-refractivity contribution >= 4 is 0 Å². The molecule has 1 atom stereocenters. The fourth-order valence-electron chi connectivity index (χ4n) is 2.45. The number of rotatable bonds is 6. The zero-order valence-corrected chi connectivity index (χ0v) is 13.7. The van der Waals surface area contributed by atoms with Crippen LogP contribution < -0.4 is 5.32 Å². The molecule has 0 aliphatic carbocycles. The monoisotopic (exact) mass is 292 g/mol. The number of hydrogen-bond donors (Lipinski definition) is 1. The van der Waals surface area contributed by atoms with Gasteiger partial charge in [-0.05, 0) is 32.4 Å². The number of hydrogen-bond acceptors (Lipinski definition) is 5. The maximum absolute atomic E-state index is 5.86. The van der Waals surface area contributed by atoms with Crippen LogP contribution in [0.25, 0.3) is 0 Å². The minimum atomic E-state index is -0.00815. The van der Waals surface area contributed by atoms with Crippen LogP contribution in [0.4, 0.5) is 0 Å². The molecule has 1 aliphatic rings. The van der Waals surface area contributed by atoms with Crippen molar-refractivity contribution in [1.29, 1.82) is 0 Å². The Hall–Kier alpha value is -1.04. The summed E-state index contributed by atoms with van der Waals surface area (Å²) in [5.74, 6) is 1.46. The van der Waals surface area contributed by atoms with Gasteiger partial charge < -0.3 is 10.1 Å². The van der Waals surface area contributed by atoms with Gasteiger partial charge >= 0.3 is 0 Å². The van der Waals surface area contributed by atoms with Crippen LogP contribution in [0, 0.1) is 5.92 Å². The van der Waals surface area contributed by atoms with Crippen molar-refractivity contribution in [3.8, 4) is 0 Å². The van der Waals surface area contributed by atoms with Gasteiger partial charge in [-0.15, -0.1) is 0 Å². The molecule has 0 aromatic carbocycles. The second-order valence-corrected chi connectivity index (χ2v) is 6.38. The highest BCUT2D eigenvalue weighted by Crippen LogP contribution is 2.20. The van der Waals surface area contributed by atoms with Crippen molar-refractivity contribution in [3.05, 3.63) is 23.8 Å². The van der Waals surface area contributed by atoms with Crippen LogP contribution in [0.2, 0.25) is 0 Å². The van der Waals surface area contributed by atoms with Gasteiger partial charge in [0.05, 0.1) is 12.3 Å². The molecule has 1 aromatic heterocycles. The quantitative estimate of drug-likeness (QED) is 0.869. The van der Waals surface area contributed by atoms with Crippen LogP contribution in [0.15, 0.2) is 12.3 Å². The molecule has 118 valence electrons. The van der Waals surface area contributed by atoms with Crippen LogP contribution in [-0.2, 0) is 11.3 Å².